The van der Waals surface area contributed by atoms with Gasteiger partial charge in [0, 0.05) is 31.1 Å². The molecule has 2 aromatic heterocycles. The number of aromatic amines is 1. The lowest BCUT2D eigenvalue weighted by atomic mass is 9.85. The molecule has 0 saturated heterocycles. The molecule has 3 atom stereocenters. The monoisotopic (exact) mass is 572 g/mol. The zero-order valence-corrected chi connectivity index (χ0v) is 22.5. The van der Waals surface area contributed by atoms with Crippen molar-refractivity contribution in [3.8, 4) is 28.4 Å². The topological polar surface area (TPSA) is 158 Å². The highest BCUT2D eigenvalue weighted by Gasteiger charge is 2.30. The Hall–Kier alpha value is -3.06. The van der Waals surface area contributed by atoms with E-state index >= 15 is 0 Å². The van der Waals surface area contributed by atoms with Crippen LogP contribution >= 0.6 is 11.6 Å². The number of fused-ring (bicyclic) bond motifs is 1. The maximum atomic E-state index is 12.2. The van der Waals surface area contributed by atoms with E-state index in [-0.39, 0.29) is 36.7 Å². The lowest BCUT2D eigenvalue weighted by Gasteiger charge is -2.31. The molecule has 2 heterocycles. The number of ether oxygens (including phenoxy) is 1. The highest BCUT2D eigenvalue weighted by Crippen LogP contribution is 2.32. The van der Waals surface area contributed by atoms with E-state index in [1.165, 1.54) is 12.1 Å². The second-order valence-corrected chi connectivity index (χ2v) is 11.7. The van der Waals surface area contributed by atoms with Crippen molar-refractivity contribution < 1.29 is 28.5 Å². The molecular weight excluding hydrogens is 544 g/mol. The summed E-state index contributed by atoms with van der Waals surface area (Å²) in [7, 11) is -3.67. The lowest BCUT2D eigenvalue weighted by Crippen LogP contribution is -2.36. The first kappa shape index (κ1) is 27.5. The second-order valence-electron chi connectivity index (χ2n) is 9.52. The number of aliphatic hydroxyl groups excluding tert-OH is 3. The largest absolute Gasteiger partial charge is 0.461 e. The number of pyridine rings is 1. The highest BCUT2D eigenvalue weighted by atomic mass is 35.5. The number of rotatable bonds is 9. The molecule has 10 nitrogen and oxygen atoms in total. The predicted molar refractivity (Wildman–Crippen MR) is 147 cm³/mol. The summed E-state index contributed by atoms with van der Waals surface area (Å²) in [5, 5.41) is 28.8. The van der Waals surface area contributed by atoms with Gasteiger partial charge in [-0.3, -0.25) is 0 Å². The third-order valence-corrected chi connectivity index (χ3v) is 8.65. The molecule has 12 heteroatoms. The van der Waals surface area contributed by atoms with Crippen molar-refractivity contribution in [2.45, 2.75) is 36.4 Å². The molecule has 1 aliphatic carbocycles. The molecule has 0 radical (unpaired) electrons. The fourth-order valence-electron chi connectivity index (χ4n) is 4.71. The number of benzene rings is 2. The van der Waals surface area contributed by atoms with Crippen molar-refractivity contribution in [3.05, 3.63) is 59.6 Å². The van der Waals surface area contributed by atoms with Gasteiger partial charge in [-0.1, -0.05) is 48.0 Å². The third-order valence-electron chi connectivity index (χ3n) is 6.89. The van der Waals surface area contributed by atoms with Gasteiger partial charge in [-0.2, -0.15) is 4.98 Å². The molecule has 0 unspecified atom stereocenters. The minimum atomic E-state index is -3.67. The summed E-state index contributed by atoms with van der Waals surface area (Å²) in [4.78, 5) is 12.3. The standard InChI is InChI=1S/C27H29ClN4O6S/c28-22-14-23-26(32-27(30-23)38-20-8-5-19(15-34)24(35)13-20)31-25(22)18-3-1-16(2-4-18)17-6-9-21(10-7-17)39(36,37)29-11-12-33/h1-4,6-7,9-10,14,19-20,24,29,33-35H,5,8,11-13,15H2,(H,30,31,32)/t19-,20+,24+/m1/s1. The van der Waals surface area contributed by atoms with Gasteiger partial charge in [-0.15, -0.1) is 0 Å². The summed E-state index contributed by atoms with van der Waals surface area (Å²) in [6.45, 7) is -0.356. The average molecular weight is 573 g/mol. The molecular formula is C27H29ClN4O6S. The molecule has 5 rings (SSSR count). The van der Waals surface area contributed by atoms with Gasteiger partial charge >= 0.3 is 0 Å². The second kappa shape index (κ2) is 11.6. The first-order valence-corrected chi connectivity index (χ1v) is 14.5. The van der Waals surface area contributed by atoms with E-state index < -0.39 is 16.1 Å². The highest BCUT2D eigenvalue weighted by molar-refractivity contribution is 7.89. The van der Waals surface area contributed by atoms with Crippen molar-refractivity contribution in [3.63, 3.8) is 0 Å². The number of imidazole rings is 1. The van der Waals surface area contributed by atoms with Gasteiger partial charge in [-0.25, -0.2) is 18.1 Å². The van der Waals surface area contributed by atoms with Crippen LogP contribution < -0.4 is 9.46 Å². The van der Waals surface area contributed by atoms with Crippen molar-refractivity contribution in [1.29, 1.82) is 0 Å². The predicted octanol–water partition coefficient (Wildman–Crippen LogP) is 3.12. The van der Waals surface area contributed by atoms with Crippen LogP contribution in [0.4, 0.5) is 0 Å². The van der Waals surface area contributed by atoms with Crippen LogP contribution in [0, 0.1) is 5.92 Å². The number of aromatic nitrogens is 3. The Kier molecular flexibility index (Phi) is 8.17. The van der Waals surface area contributed by atoms with Crippen molar-refractivity contribution in [1.82, 2.24) is 19.7 Å². The number of halogens is 1. The van der Waals surface area contributed by atoms with Gasteiger partial charge in [0.25, 0.3) is 6.01 Å². The van der Waals surface area contributed by atoms with Crippen LogP contribution in [0.5, 0.6) is 6.01 Å². The molecule has 0 aliphatic heterocycles. The lowest BCUT2D eigenvalue weighted by molar-refractivity contribution is -0.0113. The van der Waals surface area contributed by atoms with Gasteiger partial charge in [0.15, 0.2) is 5.65 Å². The molecule has 1 aliphatic rings. The van der Waals surface area contributed by atoms with Crippen LogP contribution in [0.3, 0.4) is 0 Å². The molecule has 1 saturated carbocycles. The summed E-state index contributed by atoms with van der Waals surface area (Å²) < 4.78 is 32.7. The molecule has 0 bridgehead atoms. The Morgan fingerprint density at radius 1 is 1.00 bits per heavy atom. The van der Waals surface area contributed by atoms with Crippen molar-refractivity contribution >= 4 is 32.8 Å². The Labute approximate surface area is 230 Å². The van der Waals surface area contributed by atoms with E-state index in [1.54, 1.807) is 18.2 Å². The molecule has 39 heavy (non-hydrogen) atoms. The number of nitrogens with one attached hydrogen (secondary N) is 2. The number of aliphatic hydroxyl groups is 3. The van der Waals surface area contributed by atoms with E-state index in [0.29, 0.717) is 47.2 Å². The van der Waals surface area contributed by atoms with Crippen LogP contribution in [-0.2, 0) is 10.0 Å². The van der Waals surface area contributed by atoms with Gasteiger partial charge in [0.2, 0.25) is 10.0 Å². The summed E-state index contributed by atoms with van der Waals surface area (Å²) >= 11 is 6.56. The van der Waals surface area contributed by atoms with Crippen LogP contribution in [0.15, 0.2) is 59.5 Å². The van der Waals surface area contributed by atoms with Gasteiger partial charge < -0.3 is 25.0 Å². The summed E-state index contributed by atoms with van der Waals surface area (Å²) in [6, 6.07) is 16.1. The van der Waals surface area contributed by atoms with Crippen molar-refractivity contribution in [2.24, 2.45) is 5.92 Å². The number of sulfonamides is 1. The maximum Gasteiger partial charge on any atom is 0.296 e. The minimum absolute atomic E-state index is 0.0366. The smallest absolute Gasteiger partial charge is 0.296 e. The number of H-pyrrole nitrogens is 1. The number of hydrogen-bond acceptors (Lipinski definition) is 8. The van der Waals surface area contributed by atoms with Crippen LogP contribution in [0.2, 0.25) is 5.02 Å². The van der Waals surface area contributed by atoms with Gasteiger partial charge in [-0.05, 0) is 42.2 Å². The van der Waals surface area contributed by atoms with E-state index in [1.807, 2.05) is 24.3 Å². The Balaban J connectivity index is 1.32. The summed E-state index contributed by atoms with van der Waals surface area (Å²) in [6.07, 6.45) is 0.993. The molecule has 0 amide bonds. The number of hydrogen-bond donors (Lipinski definition) is 5. The minimum Gasteiger partial charge on any atom is -0.461 e. The summed E-state index contributed by atoms with van der Waals surface area (Å²) in [5.41, 5.74) is 4.15. The molecule has 5 N–H and O–H groups in total. The first-order chi connectivity index (χ1) is 18.8. The summed E-state index contributed by atoms with van der Waals surface area (Å²) in [5.74, 6) is -0.120. The van der Waals surface area contributed by atoms with Gasteiger partial charge in [0.05, 0.1) is 33.8 Å². The molecule has 4 aromatic rings. The molecule has 206 valence electrons. The molecule has 2 aromatic carbocycles. The van der Waals surface area contributed by atoms with Crippen LogP contribution in [-0.4, -0.2) is 70.7 Å². The average Bonchev–Trinajstić information content (AvgIpc) is 3.32. The van der Waals surface area contributed by atoms with E-state index in [2.05, 4.69) is 19.7 Å². The van der Waals surface area contributed by atoms with Gasteiger partial charge in [0.1, 0.15) is 6.10 Å². The fraction of sp³-hybridized carbons (Fsp3) is 0.333. The molecule has 1 fully saturated rings. The maximum absolute atomic E-state index is 12.2. The van der Waals surface area contributed by atoms with Crippen molar-refractivity contribution in [2.75, 3.05) is 19.8 Å². The van der Waals surface area contributed by atoms with E-state index in [0.717, 1.165) is 16.7 Å². The third kappa shape index (κ3) is 6.08. The number of nitrogens with zero attached hydrogens (tertiary/aromatic N) is 2. The van der Waals surface area contributed by atoms with Crippen LogP contribution in [0.25, 0.3) is 33.5 Å². The zero-order valence-electron chi connectivity index (χ0n) is 20.9. The van der Waals surface area contributed by atoms with Crippen LogP contribution in [0.1, 0.15) is 19.3 Å². The molecule has 0 spiro atoms. The van der Waals surface area contributed by atoms with E-state index in [9.17, 15) is 18.6 Å². The Morgan fingerprint density at radius 2 is 1.67 bits per heavy atom. The SMILES string of the molecule is O=S(=O)(NCCO)c1ccc(-c2ccc(-c3nc4nc(O[C@H]5CC[C@H](CO)[C@@H](O)C5)[nH]c4cc3Cl)cc2)cc1. The zero-order chi connectivity index (χ0) is 27.6. The van der Waals surface area contributed by atoms with E-state index in [4.69, 9.17) is 21.4 Å². The Bertz CT molecular complexity index is 1540. The normalized spacial score (nSPS) is 19.8. The fourth-order valence-corrected chi connectivity index (χ4v) is 6.00. The Morgan fingerprint density at radius 3 is 2.31 bits per heavy atom. The quantitative estimate of drug-likeness (QED) is 0.205. The first-order valence-electron chi connectivity index (χ1n) is 12.6.